The lowest BCUT2D eigenvalue weighted by atomic mass is 9.91. The van der Waals surface area contributed by atoms with E-state index in [0.717, 1.165) is 31.4 Å². The van der Waals surface area contributed by atoms with E-state index in [1.165, 1.54) is 23.8 Å². The lowest BCUT2D eigenvalue weighted by Gasteiger charge is -2.44. The molecular weight excluding hydrogens is 419 g/mol. The highest BCUT2D eigenvalue weighted by molar-refractivity contribution is 5.99. The van der Waals surface area contributed by atoms with E-state index in [1.54, 1.807) is 35.9 Å². The Morgan fingerprint density at radius 3 is 2.48 bits per heavy atom. The van der Waals surface area contributed by atoms with Gasteiger partial charge in [-0.3, -0.25) is 14.3 Å². The normalized spacial score (nSPS) is 22.1. The molecule has 1 N–H and O–H groups in total. The predicted molar refractivity (Wildman–Crippen MR) is 125 cm³/mol. The van der Waals surface area contributed by atoms with Gasteiger partial charge in [-0.25, -0.2) is 4.39 Å². The molecule has 2 amide bonds. The van der Waals surface area contributed by atoms with Crippen molar-refractivity contribution in [1.29, 1.82) is 0 Å². The number of fused-ring (bicyclic) bond motifs is 1. The van der Waals surface area contributed by atoms with Crippen LogP contribution in [0.4, 0.5) is 4.39 Å². The van der Waals surface area contributed by atoms with Gasteiger partial charge in [0.15, 0.2) is 0 Å². The molecule has 1 fully saturated rings. The average molecular weight is 455 g/mol. The summed E-state index contributed by atoms with van der Waals surface area (Å²) in [6.07, 6.45) is 6.46. The standard InChI is InChI=1S/C26H35FN4O2/c1-25(2,3)22-15-21-23(32)30(16-18-11-9-10-14-20(18)27)26(4,17-31(21)29-22)24(33)28-19-12-7-5-6-8-13-19/h9-11,14-15,19H,5-8,12-13,16-17H2,1-4H3,(H,28,33)/t26-/m1/s1. The third-order valence-electron chi connectivity index (χ3n) is 7.03. The predicted octanol–water partition coefficient (Wildman–Crippen LogP) is 4.57. The van der Waals surface area contributed by atoms with Crippen LogP contribution in [0.15, 0.2) is 30.3 Å². The van der Waals surface area contributed by atoms with Crippen LogP contribution in [0.2, 0.25) is 0 Å². The Labute approximate surface area is 195 Å². The van der Waals surface area contributed by atoms with E-state index in [9.17, 15) is 14.0 Å². The number of hydrogen-bond donors (Lipinski definition) is 1. The molecule has 33 heavy (non-hydrogen) atoms. The Morgan fingerprint density at radius 2 is 1.85 bits per heavy atom. The molecule has 0 spiro atoms. The number of hydrogen-bond acceptors (Lipinski definition) is 3. The van der Waals surface area contributed by atoms with E-state index in [2.05, 4.69) is 10.4 Å². The summed E-state index contributed by atoms with van der Waals surface area (Å²) in [6.45, 7) is 8.16. The lowest BCUT2D eigenvalue weighted by molar-refractivity contribution is -0.134. The molecule has 1 saturated carbocycles. The number of carbonyl (C=O) groups is 2. The number of aromatic nitrogens is 2. The van der Waals surface area contributed by atoms with Gasteiger partial charge in [0, 0.05) is 17.0 Å². The molecule has 0 saturated heterocycles. The Balaban J connectivity index is 1.71. The molecule has 1 aliphatic carbocycles. The van der Waals surface area contributed by atoms with E-state index < -0.39 is 5.54 Å². The molecule has 2 heterocycles. The largest absolute Gasteiger partial charge is 0.351 e. The van der Waals surface area contributed by atoms with E-state index in [1.807, 2.05) is 20.8 Å². The summed E-state index contributed by atoms with van der Waals surface area (Å²) < 4.78 is 16.2. The molecule has 4 rings (SSSR count). The summed E-state index contributed by atoms with van der Waals surface area (Å²) in [7, 11) is 0. The number of carbonyl (C=O) groups excluding carboxylic acids is 2. The second-order valence-electron chi connectivity index (χ2n) is 10.7. The fourth-order valence-corrected chi connectivity index (χ4v) is 4.82. The van der Waals surface area contributed by atoms with Crippen LogP contribution in [0.25, 0.3) is 0 Å². The zero-order valence-electron chi connectivity index (χ0n) is 20.2. The van der Waals surface area contributed by atoms with Gasteiger partial charge >= 0.3 is 0 Å². The zero-order valence-corrected chi connectivity index (χ0v) is 20.2. The van der Waals surface area contributed by atoms with Gasteiger partial charge in [-0.15, -0.1) is 0 Å². The Hall–Kier alpha value is -2.70. The summed E-state index contributed by atoms with van der Waals surface area (Å²) >= 11 is 0. The molecule has 7 heteroatoms. The quantitative estimate of drug-likeness (QED) is 0.688. The maximum atomic E-state index is 14.5. The molecule has 1 aliphatic heterocycles. The first-order valence-corrected chi connectivity index (χ1v) is 12.0. The highest BCUT2D eigenvalue weighted by Crippen LogP contribution is 2.32. The number of amides is 2. The van der Waals surface area contributed by atoms with Crippen LogP contribution < -0.4 is 5.32 Å². The van der Waals surface area contributed by atoms with Crippen LogP contribution in [0.1, 0.15) is 88.0 Å². The maximum Gasteiger partial charge on any atom is 0.273 e. The Morgan fingerprint density at radius 1 is 1.18 bits per heavy atom. The molecule has 0 radical (unpaired) electrons. The molecule has 1 aromatic heterocycles. The van der Waals surface area contributed by atoms with E-state index in [-0.39, 0.29) is 42.2 Å². The van der Waals surface area contributed by atoms with Crippen molar-refractivity contribution >= 4 is 11.8 Å². The van der Waals surface area contributed by atoms with Crippen molar-refractivity contribution in [3.05, 3.63) is 53.1 Å². The van der Waals surface area contributed by atoms with E-state index >= 15 is 0 Å². The molecule has 0 bridgehead atoms. The summed E-state index contributed by atoms with van der Waals surface area (Å²) in [5, 5.41) is 7.91. The van der Waals surface area contributed by atoms with Crippen LogP contribution in [0.3, 0.4) is 0 Å². The van der Waals surface area contributed by atoms with Gasteiger partial charge in [-0.2, -0.15) is 5.10 Å². The minimum absolute atomic E-state index is 0.0239. The number of nitrogens with one attached hydrogen (secondary N) is 1. The van der Waals surface area contributed by atoms with Crippen molar-refractivity contribution in [3.8, 4) is 0 Å². The molecule has 2 aromatic rings. The third-order valence-corrected chi connectivity index (χ3v) is 7.03. The van der Waals surface area contributed by atoms with Gasteiger partial charge in [-0.05, 0) is 31.9 Å². The highest BCUT2D eigenvalue weighted by atomic mass is 19.1. The van der Waals surface area contributed by atoms with Gasteiger partial charge in [0.05, 0.1) is 18.8 Å². The number of nitrogens with zero attached hydrogens (tertiary/aromatic N) is 3. The van der Waals surface area contributed by atoms with Crippen molar-refractivity contribution in [2.45, 2.75) is 96.3 Å². The lowest BCUT2D eigenvalue weighted by Crippen LogP contribution is -2.64. The van der Waals surface area contributed by atoms with Crippen LogP contribution in [-0.2, 0) is 23.3 Å². The van der Waals surface area contributed by atoms with Gasteiger partial charge in [0.25, 0.3) is 5.91 Å². The van der Waals surface area contributed by atoms with E-state index in [0.29, 0.717) is 11.3 Å². The minimum atomic E-state index is -1.18. The smallest absolute Gasteiger partial charge is 0.273 e. The van der Waals surface area contributed by atoms with Crippen molar-refractivity contribution in [2.24, 2.45) is 0 Å². The van der Waals surface area contributed by atoms with Gasteiger partial charge in [0.1, 0.15) is 17.1 Å². The van der Waals surface area contributed by atoms with Crippen LogP contribution in [-0.4, -0.2) is 38.1 Å². The molecule has 6 nitrogen and oxygen atoms in total. The summed E-state index contributed by atoms with van der Waals surface area (Å²) in [5.74, 6) is -0.880. The van der Waals surface area contributed by atoms with Crippen molar-refractivity contribution in [2.75, 3.05) is 0 Å². The highest BCUT2D eigenvalue weighted by Gasteiger charge is 2.48. The first kappa shape index (κ1) is 23.5. The fraction of sp³-hybridized carbons (Fsp3) is 0.577. The average Bonchev–Trinajstić information content (AvgIpc) is 3.02. The second-order valence-corrected chi connectivity index (χ2v) is 10.7. The number of halogens is 1. The van der Waals surface area contributed by atoms with Crippen LogP contribution >= 0.6 is 0 Å². The molecule has 1 atom stereocenters. The first-order valence-electron chi connectivity index (χ1n) is 12.0. The third kappa shape index (κ3) is 4.68. The van der Waals surface area contributed by atoms with Crippen molar-refractivity contribution < 1.29 is 14.0 Å². The van der Waals surface area contributed by atoms with Crippen LogP contribution in [0.5, 0.6) is 0 Å². The Bertz CT molecular complexity index is 1030. The number of benzene rings is 1. The molecular formula is C26H35FN4O2. The summed E-state index contributed by atoms with van der Waals surface area (Å²) in [4.78, 5) is 28.9. The minimum Gasteiger partial charge on any atom is -0.351 e. The van der Waals surface area contributed by atoms with Gasteiger partial charge < -0.3 is 10.2 Å². The molecule has 178 valence electrons. The maximum absolute atomic E-state index is 14.5. The van der Waals surface area contributed by atoms with Gasteiger partial charge in [0.2, 0.25) is 5.91 Å². The fourth-order valence-electron chi connectivity index (χ4n) is 4.82. The van der Waals surface area contributed by atoms with Gasteiger partial charge in [-0.1, -0.05) is 64.7 Å². The number of rotatable bonds is 4. The Kier molecular flexibility index (Phi) is 6.34. The monoisotopic (exact) mass is 454 g/mol. The molecule has 2 aliphatic rings. The summed E-state index contributed by atoms with van der Waals surface area (Å²) in [6, 6.07) is 8.33. The topological polar surface area (TPSA) is 67.2 Å². The molecule has 0 unspecified atom stereocenters. The second kappa shape index (κ2) is 8.92. The van der Waals surface area contributed by atoms with Crippen molar-refractivity contribution in [1.82, 2.24) is 20.0 Å². The van der Waals surface area contributed by atoms with E-state index in [4.69, 9.17) is 0 Å². The molecule has 1 aromatic carbocycles. The zero-order chi connectivity index (χ0) is 23.8. The van der Waals surface area contributed by atoms with Crippen molar-refractivity contribution in [3.63, 3.8) is 0 Å². The first-order chi connectivity index (χ1) is 15.6. The van der Waals surface area contributed by atoms with Crippen LogP contribution in [0, 0.1) is 5.82 Å². The summed E-state index contributed by atoms with van der Waals surface area (Å²) in [5.41, 5.74) is 0.212. The SMILES string of the molecule is CC(C)(C)c1cc2n(n1)C[C@](C)(C(=O)NC1CCCCCC1)N(Cc1ccccc1F)C2=O.